The molecule has 0 aliphatic carbocycles. The van der Waals surface area contributed by atoms with Crippen LogP contribution in [0, 0.1) is 10.1 Å². The van der Waals surface area contributed by atoms with Gasteiger partial charge in [0.05, 0.1) is 37.1 Å². The van der Waals surface area contributed by atoms with Crippen LogP contribution in [0.3, 0.4) is 0 Å². The first-order chi connectivity index (χ1) is 13.5. The predicted octanol–water partition coefficient (Wildman–Crippen LogP) is 3.86. The lowest BCUT2D eigenvalue weighted by Gasteiger charge is -2.17. The molecule has 2 aromatic carbocycles. The van der Waals surface area contributed by atoms with Gasteiger partial charge in [-0.3, -0.25) is 14.9 Å². The van der Waals surface area contributed by atoms with Gasteiger partial charge in [0.15, 0.2) is 0 Å². The van der Waals surface area contributed by atoms with Crippen LogP contribution in [0.4, 0.5) is 17.1 Å². The van der Waals surface area contributed by atoms with Crippen molar-refractivity contribution in [1.29, 1.82) is 0 Å². The van der Waals surface area contributed by atoms with Crippen molar-refractivity contribution in [3.63, 3.8) is 0 Å². The molecule has 0 aliphatic rings. The summed E-state index contributed by atoms with van der Waals surface area (Å²) in [6.45, 7) is -0.569. The minimum absolute atomic E-state index is 0.122. The average Bonchev–Trinajstić information content (AvgIpc) is 2.65. The van der Waals surface area contributed by atoms with Gasteiger partial charge >= 0.3 is 0 Å². The first-order valence-corrected chi connectivity index (χ1v) is 10.4. The number of sulfonamides is 1. The predicted molar refractivity (Wildman–Crippen MR) is 113 cm³/mol. The molecule has 0 aliphatic heterocycles. The number of rotatable bonds is 7. The summed E-state index contributed by atoms with van der Waals surface area (Å²) in [7, 11) is -1.53. The minimum Gasteiger partial charge on any atom is -0.383 e. The maximum atomic E-state index is 12.7. The average molecular weight is 482 g/mol. The number of hydrogen-bond donors (Lipinski definition) is 2. The number of amides is 1. The van der Waals surface area contributed by atoms with Gasteiger partial charge in [-0.05, 0) is 24.3 Å². The Morgan fingerprint density at radius 2 is 1.72 bits per heavy atom. The minimum atomic E-state index is -4.17. The number of nitro groups is 1. The van der Waals surface area contributed by atoms with Gasteiger partial charge in [-0.25, -0.2) is 8.42 Å². The van der Waals surface area contributed by atoms with Crippen molar-refractivity contribution in [1.82, 2.24) is 4.31 Å². The molecule has 29 heavy (non-hydrogen) atoms. The number of likely N-dealkylation sites (N-methyl/N-ethyl adjacent to an activating group) is 1. The molecule has 2 aromatic rings. The van der Waals surface area contributed by atoms with Crippen LogP contribution in [0.1, 0.15) is 0 Å². The molecule has 156 valence electrons. The maximum Gasteiger partial charge on any atom is 0.293 e. The van der Waals surface area contributed by atoms with E-state index in [1.807, 2.05) is 0 Å². The maximum absolute atomic E-state index is 12.7. The van der Waals surface area contributed by atoms with Gasteiger partial charge in [0.1, 0.15) is 5.69 Å². The van der Waals surface area contributed by atoms with E-state index in [4.69, 9.17) is 34.8 Å². The second-order valence-corrected chi connectivity index (χ2v) is 9.01. The lowest BCUT2D eigenvalue weighted by molar-refractivity contribution is -0.384. The van der Waals surface area contributed by atoms with Crippen molar-refractivity contribution in [3.05, 3.63) is 55.5 Å². The summed E-state index contributed by atoms with van der Waals surface area (Å²) < 4.78 is 26.2. The van der Waals surface area contributed by atoms with Crippen molar-refractivity contribution >= 4 is 67.8 Å². The monoisotopic (exact) mass is 480 g/mol. The highest BCUT2D eigenvalue weighted by Crippen LogP contribution is 2.32. The zero-order valence-electron chi connectivity index (χ0n) is 15.1. The van der Waals surface area contributed by atoms with Gasteiger partial charge in [-0.2, -0.15) is 4.31 Å². The molecule has 0 aromatic heterocycles. The molecule has 0 spiro atoms. The quantitative estimate of drug-likeness (QED) is 0.352. The number of halogens is 3. The molecule has 1 amide bonds. The zero-order valence-corrected chi connectivity index (χ0v) is 18.2. The van der Waals surface area contributed by atoms with Crippen LogP contribution >= 0.6 is 34.8 Å². The van der Waals surface area contributed by atoms with E-state index in [-0.39, 0.29) is 31.3 Å². The van der Waals surface area contributed by atoms with Gasteiger partial charge in [-0.15, -0.1) is 0 Å². The van der Waals surface area contributed by atoms with E-state index in [0.717, 1.165) is 10.4 Å². The molecular formula is C16H15Cl3N4O5S. The molecule has 13 heteroatoms. The first kappa shape index (κ1) is 23.2. The fraction of sp³-hybridized carbons (Fsp3) is 0.188. The number of carbonyl (C=O) groups is 1. The summed E-state index contributed by atoms with van der Waals surface area (Å²) in [5, 5.41) is 16.7. The Bertz CT molecular complexity index is 1080. The number of anilines is 2. The Hall–Kier alpha value is -2.11. The SMILES string of the molecule is CNc1ccc(S(=O)(=O)N(C)CC(=O)Nc2cc(Cl)c(Cl)cc2Cl)cc1[N+](=O)[O-]. The second kappa shape index (κ2) is 9.14. The molecule has 0 atom stereocenters. The van der Waals surface area contributed by atoms with E-state index in [0.29, 0.717) is 0 Å². The van der Waals surface area contributed by atoms with Gasteiger partial charge in [-0.1, -0.05) is 34.8 Å². The highest BCUT2D eigenvalue weighted by molar-refractivity contribution is 7.89. The molecule has 2 N–H and O–H groups in total. The van der Waals surface area contributed by atoms with Gasteiger partial charge in [0.2, 0.25) is 15.9 Å². The van der Waals surface area contributed by atoms with Crippen LogP contribution in [0.25, 0.3) is 0 Å². The Labute approximate surface area is 181 Å². The van der Waals surface area contributed by atoms with Gasteiger partial charge in [0, 0.05) is 20.2 Å². The third-order valence-electron chi connectivity index (χ3n) is 3.79. The lowest BCUT2D eigenvalue weighted by Crippen LogP contribution is -2.35. The van der Waals surface area contributed by atoms with Crippen LogP contribution in [0.5, 0.6) is 0 Å². The fourth-order valence-corrected chi connectivity index (χ4v) is 4.05. The smallest absolute Gasteiger partial charge is 0.293 e. The van der Waals surface area contributed by atoms with Crippen molar-refractivity contribution in [2.24, 2.45) is 0 Å². The summed E-state index contributed by atoms with van der Waals surface area (Å²) >= 11 is 17.7. The van der Waals surface area contributed by atoms with Crippen LogP contribution < -0.4 is 10.6 Å². The number of benzene rings is 2. The zero-order chi connectivity index (χ0) is 21.9. The normalized spacial score (nSPS) is 11.4. The molecule has 0 bridgehead atoms. The van der Waals surface area contributed by atoms with E-state index in [9.17, 15) is 23.3 Å². The van der Waals surface area contributed by atoms with Crippen molar-refractivity contribution in [2.45, 2.75) is 4.90 Å². The largest absolute Gasteiger partial charge is 0.383 e. The highest BCUT2D eigenvalue weighted by atomic mass is 35.5. The highest BCUT2D eigenvalue weighted by Gasteiger charge is 2.26. The van der Waals surface area contributed by atoms with E-state index in [1.54, 1.807) is 0 Å². The fourth-order valence-electron chi connectivity index (χ4n) is 2.31. The van der Waals surface area contributed by atoms with E-state index >= 15 is 0 Å². The standard InChI is InChI=1S/C16H15Cl3N4O5S/c1-20-13-4-3-9(5-15(13)23(25)26)29(27,28)22(2)8-16(24)21-14-7-11(18)10(17)6-12(14)19/h3-7,20H,8H2,1-2H3,(H,21,24). The topological polar surface area (TPSA) is 122 Å². The number of hydrogen-bond acceptors (Lipinski definition) is 6. The molecule has 0 saturated heterocycles. The van der Waals surface area contributed by atoms with Crippen molar-refractivity contribution in [3.8, 4) is 0 Å². The molecule has 0 saturated carbocycles. The Kier molecular flexibility index (Phi) is 7.30. The summed E-state index contributed by atoms with van der Waals surface area (Å²) in [5.41, 5.74) is -0.0940. The Balaban J connectivity index is 2.22. The Morgan fingerprint density at radius 3 is 2.31 bits per heavy atom. The van der Waals surface area contributed by atoms with Crippen molar-refractivity contribution in [2.75, 3.05) is 31.3 Å². The molecule has 0 radical (unpaired) electrons. The van der Waals surface area contributed by atoms with Gasteiger partial charge in [0.25, 0.3) is 5.69 Å². The molecule has 0 fully saturated rings. The van der Waals surface area contributed by atoms with Crippen LogP contribution in [-0.2, 0) is 14.8 Å². The van der Waals surface area contributed by atoms with Crippen LogP contribution in [0.15, 0.2) is 35.2 Å². The first-order valence-electron chi connectivity index (χ1n) is 7.84. The molecule has 0 heterocycles. The third-order valence-corrected chi connectivity index (χ3v) is 6.63. The van der Waals surface area contributed by atoms with Gasteiger partial charge < -0.3 is 10.6 Å². The lowest BCUT2D eigenvalue weighted by atomic mass is 10.3. The number of nitrogens with zero attached hydrogens (tertiary/aromatic N) is 2. The van der Waals surface area contributed by atoms with E-state index in [1.165, 1.54) is 38.4 Å². The van der Waals surface area contributed by atoms with Crippen molar-refractivity contribution < 1.29 is 18.1 Å². The molecule has 9 nitrogen and oxygen atoms in total. The van der Waals surface area contributed by atoms with Crippen LogP contribution in [-0.4, -0.2) is 44.2 Å². The van der Waals surface area contributed by atoms with E-state index in [2.05, 4.69) is 10.6 Å². The second-order valence-electron chi connectivity index (χ2n) is 5.74. The van der Waals surface area contributed by atoms with E-state index < -0.39 is 33.1 Å². The molecule has 0 unspecified atom stereocenters. The summed E-state index contributed by atoms with van der Waals surface area (Å²) in [6, 6.07) is 6.07. The number of nitro benzene ring substituents is 1. The summed E-state index contributed by atoms with van der Waals surface area (Å²) in [6.07, 6.45) is 0. The summed E-state index contributed by atoms with van der Waals surface area (Å²) in [5.74, 6) is -0.697. The van der Waals surface area contributed by atoms with Crippen LogP contribution in [0.2, 0.25) is 15.1 Å². The Morgan fingerprint density at radius 1 is 1.10 bits per heavy atom. The third kappa shape index (κ3) is 5.28. The molecular weight excluding hydrogens is 467 g/mol. The molecule has 2 rings (SSSR count). The summed E-state index contributed by atoms with van der Waals surface area (Å²) in [4.78, 5) is 22.4. The number of carbonyl (C=O) groups excluding carboxylic acids is 1. The number of nitrogens with one attached hydrogen (secondary N) is 2.